The van der Waals surface area contributed by atoms with E-state index in [4.69, 9.17) is 9.47 Å². The van der Waals surface area contributed by atoms with Crippen LogP contribution >= 0.6 is 15.9 Å². The smallest absolute Gasteiger partial charge is 0.344 e. The first kappa shape index (κ1) is 12.0. The molecule has 0 aliphatic heterocycles. The maximum absolute atomic E-state index is 11.2. The Morgan fingerprint density at radius 2 is 2.20 bits per heavy atom. The van der Waals surface area contributed by atoms with Gasteiger partial charge in [0, 0.05) is 4.47 Å². The van der Waals surface area contributed by atoms with Crippen LogP contribution in [0, 0.1) is 0 Å². The van der Waals surface area contributed by atoms with Crippen molar-refractivity contribution in [1.82, 2.24) is 0 Å². The predicted octanol–water partition coefficient (Wildman–Crippen LogP) is 2.78. The van der Waals surface area contributed by atoms with Crippen LogP contribution in [-0.4, -0.2) is 18.7 Å². The van der Waals surface area contributed by atoms with Gasteiger partial charge in [0.15, 0.2) is 6.61 Å². The van der Waals surface area contributed by atoms with Crippen LogP contribution in [0.15, 0.2) is 28.7 Å². The molecule has 0 spiro atoms. The molecule has 0 unspecified atom stereocenters. The number of ether oxygens (including phenoxy) is 2. The molecule has 3 nitrogen and oxygen atoms in total. The lowest BCUT2D eigenvalue weighted by atomic mass is 10.3. The second-order valence-electron chi connectivity index (χ2n) is 3.28. The van der Waals surface area contributed by atoms with Crippen LogP contribution in [0.25, 0.3) is 0 Å². The van der Waals surface area contributed by atoms with Crippen molar-refractivity contribution in [3.63, 3.8) is 0 Å². The molecule has 0 radical (unpaired) electrons. The molecule has 0 saturated heterocycles. The van der Waals surface area contributed by atoms with Crippen molar-refractivity contribution in [3.05, 3.63) is 28.7 Å². The van der Waals surface area contributed by atoms with E-state index in [1.807, 2.05) is 12.1 Å². The van der Waals surface area contributed by atoms with Crippen molar-refractivity contribution in [2.45, 2.75) is 20.0 Å². The van der Waals surface area contributed by atoms with Gasteiger partial charge in [-0.05, 0) is 32.0 Å². The summed E-state index contributed by atoms with van der Waals surface area (Å²) < 4.78 is 11.1. The summed E-state index contributed by atoms with van der Waals surface area (Å²) in [6.45, 7) is 3.54. The van der Waals surface area contributed by atoms with Gasteiger partial charge in [0.2, 0.25) is 0 Å². The molecule has 0 N–H and O–H groups in total. The van der Waals surface area contributed by atoms with E-state index < -0.39 is 0 Å². The quantitative estimate of drug-likeness (QED) is 0.791. The molecular formula is C11H13BrO3. The Kier molecular flexibility index (Phi) is 4.62. The van der Waals surface area contributed by atoms with Gasteiger partial charge >= 0.3 is 5.97 Å². The average molecular weight is 273 g/mol. The van der Waals surface area contributed by atoms with Crippen molar-refractivity contribution in [3.8, 4) is 5.75 Å². The number of esters is 1. The van der Waals surface area contributed by atoms with Gasteiger partial charge < -0.3 is 9.47 Å². The number of hydrogen-bond acceptors (Lipinski definition) is 3. The molecule has 0 aromatic heterocycles. The Bertz CT molecular complexity index is 336. The Morgan fingerprint density at radius 3 is 2.80 bits per heavy atom. The van der Waals surface area contributed by atoms with Gasteiger partial charge in [-0.25, -0.2) is 4.79 Å². The second kappa shape index (κ2) is 5.75. The van der Waals surface area contributed by atoms with E-state index in [1.54, 1.807) is 26.0 Å². The lowest BCUT2D eigenvalue weighted by Crippen LogP contribution is -2.18. The molecule has 1 rings (SSSR count). The Hall–Kier alpha value is -1.03. The zero-order valence-corrected chi connectivity index (χ0v) is 10.3. The van der Waals surface area contributed by atoms with Crippen LogP contribution in [0.2, 0.25) is 0 Å². The summed E-state index contributed by atoms with van der Waals surface area (Å²) in [4.78, 5) is 11.2. The highest BCUT2D eigenvalue weighted by atomic mass is 79.9. The maximum atomic E-state index is 11.2. The van der Waals surface area contributed by atoms with Crippen LogP contribution < -0.4 is 4.74 Å². The molecule has 0 aliphatic rings. The number of hydrogen-bond donors (Lipinski definition) is 0. The zero-order valence-electron chi connectivity index (χ0n) is 8.70. The molecule has 0 fully saturated rings. The summed E-state index contributed by atoms with van der Waals surface area (Å²) in [5.74, 6) is 0.287. The topological polar surface area (TPSA) is 35.5 Å². The minimum Gasteiger partial charge on any atom is -0.482 e. The van der Waals surface area contributed by atoms with Gasteiger partial charge in [-0.3, -0.25) is 0 Å². The normalized spacial score (nSPS) is 10.1. The molecule has 0 heterocycles. The third-order valence-corrected chi connectivity index (χ3v) is 2.01. The molecule has 82 valence electrons. The third-order valence-electron chi connectivity index (χ3n) is 1.52. The third kappa shape index (κ3) is 4.83. The summed E-state index contributed by atoms with van der Waals surface area (Å²) in [6.07, 6.45) is -0.108. The summed E-state index contributed by atoms with van der Waals surface area (Å²) >= 11 is 3.31. The van der Waals surface area contributed by atoms with Gasteiger partial charge in [-0.15, -0.1) is 0 Å². The summed E-state index contributed by atoms with van der Waals surface area (Å²) in [7, 11) is 0. The number of benzene rings is 1. The molecule has 15 heavy (non-hydrogen) atoms. The van der Waals surface area contributed by atoms with E-state index >= 15 is 0 Å². The second-order valence-corrected chi connectivity index (χ2v) is 4.20. The minimum atomic E-state index is -0.357. The lowest BCUT2D eigenvalue weighted by Gasteiger charge is -2.09. The SMILES string of the molecule is CC(C)OC(=O)COc1cccc(Br)c1. The van der Waals surface area contributed by atoms with Crippen LogP contribution in [-0.2, 0) is 9.53 Å². The van der Waals surface area contributed by atoms with E-state index in [2.05, 4.69) is 15.9 Å². The number of carbonyl (C=O) groups is 1. The van der Waals surface area contributed by atoms with E-state index in [0.717, 1.165) is 4.47 Å². The molecule has 0 amide bonds. The number of rotatable bonds is 4. The minimum absolute atomic E-state index is 0.0609. The van der Waals surface area contributed by atoms with Crippen molar-refractivity contribution in [1.29, 1.82) is 0 Å². The maximum Gasteiger partial charge on any atom is 0.344 e. The van der Waals surface area contributed by atoms with Gasteiger partial charge in [0.1, 0.15) is 5.75 Å². The lowest BCUT2D eigenvalue weighted by molar-refractivity contribution is -0.149. The van der Waals surface area contributed by atoms with E-state index in [-0.39, 0.29) is 18.7 Å². The van der Waals surface area contributed by atoms with Gasteiger partial charge in [0.25, 0.3) is 0 Å². The highest BCUT2D eigenvalue weighted by Gasteiger charge is 2.06. The molecule has 0 aliphatic carbocycles. The van der Waals surface area contributed by atoms with Crippen LogP contribution in [0.4, 0.5) is 0 Å². The van der Waals surface area contributed by atoms with Crippen LogP contribution in [0.1, 0.15) is 13.8 Å². The molecule has 1 aromatic rings. The van der Waals surface area contributed by atoms with Gasteiger partial charge in [0.05, 0.1) is 6.10 Å². The summed E-state index contributed by atoms with van der Waals surface area (Å²) in [5, 5.41) is 0. The summed E-state index contributed by atoms with van der Waals surface area (Å²) in [6, 6.07) is 7.31. The van der Waals surface area contributed by atoms with E-state index in [9.17, 15) is 4.79 Å². The van der Waals surface area contributed by atoms with Crippen molar-refractivity contribution >= 4 is 21.9 Å². The largest absolute Gasteiger partial charge is 0.482 e. The Morgan fingerprint density at radius 1 is 1.47 bits per heavy atom. The zero-order chi connectivity index (χ0) is 11.3. The van der Waals surface area contributed by atoms with E-state index in [1.165, 1.54) is 0 Å². The van der Waals surface area contributed by atoms with Crippen LogP contribution in [0.5, 0.6) is 5.75 Å². The molecule has 1 aromatic carbocycles. The first-order valence-electron chi connectivity index (χ1n) is 4.66. The van der Waals surface area contributed by atoms with Gasteiger partial charge in [-0.2, -0.15) is 0 Å². The molecule has 0 atom stereocenters. The monoisotopic (exact) mass is 272 g/mol. The molecule has 0 saturated carbocycles. The molecular weight excluding hydrogens is 260 g/mol. The fraction of sp³-hybridized carbons (Fsp3) is 0.364. The fourth-order valence-corrected chi connectivity index (χ4v) is 1.37. The predicted molar refractivity (Wildman–Crippen MR) is 60.9 cm³/mol. The molecule has 0 bridgehead atoms. The first-order chi connectivity index (χ1) is 7.08. The fourth-order valence-electron chi connectivity index (χ4n) is 0.996. The first-order valence-corrected chi connectivity index (χ1v) is 5.45. The summed E-state index contributed by atoms with van der Waals surface area (Å²) in [5.41, 5.74) is 0. The van der Waals surface area contributed by atoms with Crippen molar-refractivity contribution in [2.75, 3.05) is 6.61 Å². The van der Waals surface area contributed by atoms with Crippen molar-refractivity contribution in [2.24, 2.45) is 0 Å². The Balaban J connectivity index is 2.40. The number of halogens is 1. The highest BCUT2D eigenvalue weighted by molar-refractivity contribution is 9.10. The van der Waals surface area contributed by atoms with E-state index in [0.29, 0.717) is 5.75 Å². The Labute approximate surface area is 97.5 Å². The van der Waals surface area contributed by atoms with Gasteiger partial charge in [-0.1, -0.05) is 22.0 Å². The molecule has 4 heteroatoms. The highest BCUT2D eigenvalue weighted by Crippen LogP contribution is 2.17. The average Bonchev–Trinajstić information content (AvgIpc) is 2.14. The standard InChI is InChI=1S/C11H13BrO3/c1-8(2)15-11(13)7-14-10-5-3-4-9(12)6-10/h3-6,8H,7H2,1-2H3. The number of carbonyl (C=O) groups excluding carboxylic acids is 1. The van der Waals surface area contributed by atoms with Crippen LogP contribution in [0.3, 0.4) is 0 Å². The van der Waals surface area contributed by atoms with Crippen molar-refractivity contribution < 1.29 is 14.3 Å².